The van der Waals surface area contributed by atoms with Gasteiger partial charge < -0.3 is 0 Å². The summed E-state index contributed by atoms with van der Waals surface area (Å²) in [5, 5.41) is 0. The van der Waals surface area contributed by atoms with Crippen molar-refractivity contribution in [2.75, 3.05) is 0 Å². The molecular weight excluding hydrogens is 140 g/mol. The Hall–Kier alpha value is 0.350. The van der Waals surface area contributed by atoms with Gasteiger partial charge in [-0.25, -0.2) is 0 Å². The minimum Gasteiger partial charge on any atom is -0.172 e. The predicted octanol–water partition coefficient (Wildman–Crippen LogP) is 2.99. The molecular formula is C9H18S. The van der Waals surface area contributed by atoms with Crippen LogP contribution >= 0.6 is 12.6 Å². The zero-order chi connectivity index (χ0) is 7.94. The lowest BCUT2D eigenvalue weighted by Crippen LogP contribution is -2.00. The maximum Gasteiger partial charge on any atom is 0.0166 e. The minimum absolute atomic E-state index is 0.350. The first-order chi connectivity index (χ1) is 4.51. The molecule has 0 amide bonds. The summed E-state index contributed by atoms with van der Waals surface area (Å²) in [6.07, 6.45) is 1.29. The van der Waals surface area contributed by atoms with Crippen molar-refractivity contribution in [3.63, 3.8) is 0 Å². The van der Waals surface area contributed by atoms with E-state index in [1.54, 1.807) is 0 Å². The van der Waals surface area contributed by atoms with E-state index in [1.807, 2.05) is 0 Å². The molecule has 0 saturated heterocycles. The number of rotatable bonds is 2. The molecule has 0 bridgehead atoms. The predicted molar refractivity (Wildman–Crippen MR) is 49.5 cm³/mol. The molecule has 1 fully saturated rings. The summed E-state index contributed by atoms with van der Waals surface area (Å²) in [6.45, 7) is 9.14. The fraction of sp³-hybridized carbons (Fsp3) is 1.00. The molecule has 10 heavy (non-hydrogen) atoms. The maximum absolute atomic E-state index is 4.64. The summed E-state index contributed by atoms with van der Waals surface area (Å²) in [4.78, 5) is 0. The molecule has 0 aromatic heterocycles. The topological polar surface area (TPSA) is 0 Å². The van der Waals surface area contributed by atoms with E-state index < -0.39 is 0 Å². The average molecular weight is 158 g/mol. The molecule has 1 rings (SSSR count). The van der Waals surface area contributed by atoms with Crippen molar-refractivity contribution in [2.24, 2.45) is 17.8 Å². The molecule has 1 aliphatic rings. The smallest absolute Gasteiger partial charge is 0.0166 e. The Morgan fingerprint density at radius 3 is 2.10 bits per heavy atom. The van der Waals surface area contributed by atoms with Crippen LogP contribution in [0.15, 0.2) is 0 Å². The Labute approximate surface area is 69.8 Å². The lowest BCUT2D eigenvalue weighted by molar-refractivity contribution is 0.507. The van der Waals surface area contributed by atoms with Crippen molar-refractivity contribution in [3.05, 3.63) is 0 Å². The first kappa shape index (κ1) is 8.45. The summed E-state index contributed by atoms with van der Waals surface area (Å²) >= 11 is 4.64. The monoisotopic (exact) mass is 158 g/mol. The molecule has 0 aliphatic heterocycles. The summed E-state index contributed by atoms with van der Waals surface area (Å²) in [5.41, 5.74) is 0. The van der Waals surface area contributed by atoms with E-state index in [0.29, 0.717) is 4.75 Å². The summed E-state index contributed by atoms with van der Waals surface area (Å²) in [5.74, 6) is 2.55. The number of hydrogen-bond acceptors (Lipinski definition) is 1. The van der Waals surface area contributed by atoms with E-state index in [1.165, 1.54) is 6.42 Å². The molecule has 0 aromatic carbocycles. The highest BCUT2D eigenvalue weighted by Crippen LogP contribution is 2.60. The van der Waals surface area contributed by atoms with E-state index in [0.717, 1.165) is 17.8 Å². The summed E-state index contributed by atoms with van der Waals surface area (Å²) in [7, 11) is 0. The quantitative estimate of drug-likeness (QED) is 0.587. The van der Waals surface area contributed by atoms with Gasteiger partial charge in [-0.3, -0.25) is 0 Å². The zero-order valence-electron chi connectivity index (χ0n) is 7.39. The average Bonchev–Trinajstić information content (AvgIpc) is 2.33. The van der Waals surface area contributed by atoms with Crippen LogP contribution in [0.5, 0.6) is 0 Å². The van der Waals surface area contributed by atoms with Crippen molar-refractivity contribution in [1.82, 2.24) is 0 Å². The van der Waals surface area contributed by atoms with Gasteiger partial charge in [0.15, 0.2) is 0 Å². The second-order valence-electron chi connectivity index (χ2n) is 4.01. The molecule has 1 saturated carbocycles. The van der Waals surface area contributed by atoms with Crippen LogP contribution < -0.4 is 0 Å². The van der Waals surface area contributed by atoms with E-state index in [9.17, 15) is 0 Å². The number of hydrogen-bond donors (Lipinski definition) is 1. The Kier molecular flexibility index (Phi) is 2.06. The van der Waals surface area contributed by atoms with Gasteiger partial charge in [0.05, 0.1) is 0 Å². The van der Waals surface area contributed by atoms with Gasteiger partial charge in [-0.05, 0) is 17.8 Å². The third-order valence-electron chi connectivity index (χ3n) is 2.91. The fourth-order valence-electron chi connectivity index (χ4n) is 2.43. The van der Waals surface area contributed by atoms with Gasteiger partial charge >= 0.3 is 0 Å². The van der Waals surface area contributed by atoms with E-state index in [4.69, 9.17) is 0 Å². The van der Waals surface area contributed by atoms with Gasteiger partial charge in [0.25, 0.3) is 0 Å². The highest BCUT2D eigenvalue weighted by atomic mass is 32.1. The van der Waals surface area contributed by atoms with Gasteiger partial charge in [0.2, 0.25) is 0 Å². The largest absolute Gasteiger partial charge is 0.172 e. The van der Waals surface area contributed by atoms with Crippen LogP contribution in [0.4, 0.5) is 0 Å². The third-order valence-corrected chi connectivity index (χ3v) is 3.54. The van der Waals surface area contributed by atoms with Crippen LogP contribution in [0.3, 0.4) is 0 Å². The molecule has 0 N–H and O–H groups in total. The van der Waals surface area contributed by atoms with Crippen LogP contribution in [0.2, 0.25) is 0 Å². The van der Waals surface area contributed by atoms with Gasteiger partial charge in [-0.15, -0.1) is 0 Å². The second-order valence-corrected chi connectivity index (χ2v) is 4.97. The van der Waals surface area contributed by atoms with Crippen molar-refractivity contribution < 1.29 is 0 Å². The SMILES string of the molecule is CCC1C(C(C)C)C1(C)S. The molecule has 1 heteroatoms. The molecule has 1 aliphatic carbocycles. The van der Waals surface area contributed by atoms with Crippen molar-refractivity contribution in [2.45, 2.75) is 38.9 Å². The lowest BCUT2D eigenvalue weighted by Gasteiger charge is -2.03. The van der Waals surface area contributed by atoms with Gasteiger partial charge in [-0.2, -0.15) is 12.6 Å². The molecule has 0 aromatic rings. The highest BCUT2D eigenvalue weighted by Gasteiger charge is 2.58. The normalized spacial score (nSPS) is 46.2. The number of thiol groups is 1. The van der Waals surface area contributed by atoms with Crippen LogP contribution in [0, 0.1) is 17.8 Å². The minimum atomic E-state index is 0.350. The highest BCUT2D eigenvalue weighted by molar-refractivity contribution is 7.82. The van der Waals surface area contributed by atoms with Crippen LogP contribution in [0.25, 0.3) is 0 Å². The third kappa shape index (κ3) is 1.09. The van der Waals surface area contributed by atoms with Crippen molar-refractivity contribution in [3.8, 4) is 0 Å². The zero-order valence-corrected chi connectivity index (χ0v) is 8.28. The molecule has 3 atom stereocenters. The molecule has 0 nitrogen and oxygen atoms in total. The molecule has 3 unspecified atom stereocenters. The Morgan fingerprint density at radius 2 is 2.00 bits per heavy atom. The van der Waals surface area contributed by atoms with Crippen LogP contribution in [-0.4, -0.2) is 4.75 Å². The summed E-state index contributed by atoms with van der Waals surface area (Å²) in [6, 6.07) is 0. The first-order valence-corrected chi connectivity index (χ1v) is 4.68. The fourth-order valence-corrected chi connectivity index (χ4v) is 3.18. The Bertz CT molecular complexity index is 127. The first-order valence-electron chi connectivity index (χ1n) is 4.24. The van der Waals surface area contributed by atoms with Crippen LogP contribution in [0.1, 0.15) is 34.1 Å². The molecule has 0 heterocycles. The molecule has 60 valence electrons. The Balaban J connectivity index is 2.53. The standard InChI is InChI=1S/C9H18S/c1-5-7-8(6(2)3)9(7,4)10/h6-8,10H,5H2,1-4H3. The second kappa shape index (κ2) is 2.44. The van der Waals surface area contributed by atoms with Gasteiger partial charge in [-0.1, -0.05) is 34.1 Å². The maximum atomic E-state index is 4.64. The van der Waals surface area contributed by atoms with E-state index >= 15 is 0 Å². The Morgan fingerprint density at radius 1 is 1.50 bits per heavy atom. The molecule has 0 radical (unpaired) electrons. The molecule has 0 spiro atoms. The van der Waals surface area contributed by atoms with Crippen molar-refractivity contribution >= 4 is 12.6 Å². The van der Waals surface area contributed by atoms with Gasteiger partial charge in [0.1, 0.15) is 0 Å². The van der Waals surface area contributed by atoms with Crippen molar-refractivity contribution in [1.29, 1.82) is 0 Å². The van der Waals surface area contributed by atoms with Gasteiger partial charge in [0, 0.05) is 4.75 Å². The lowest BCUT2D eigenvalue weighted by atomic mass is 10.1. The van der Waals surface area contributed by atoms with Crippen LogP contribution in [-0.2, 0) is 0 Å². The summed E-state index contributed by atoms with van der Waals surface area (Å²) < 4.78 is 0.350. The van der Waals surface area contributed by atoms with E-state index in [-0.39, 0.29) is 0 Å². The van der Waals surface area contributed by atoms with E-state index in [2.05, 4.69) is 40.3 Å².